The van der Waals surface area contributed by atoms with E-state index >= 15 is 0 Å². The van der Waals surface area contributed by atoms with Crippen LogP contribution in [-0.4, -0.2) is 27.0 Å². The Balaban J connectivity index is 2.50. The summed E-state index contributed by atoms with van der Waals surface area (Å²) >= 11 is 0. The zero-order valence-corrected chi connectivity index (χ0v) is 13.7. The minimum absolute atomic E-state index is 0.393. The molecule has 1 atom stereocenters. The highest BCUT2D eigenvalue weighted by Gasteiger charge is 2.35. The SMILES string of the molecule is Cc1cc(C)c(C)c(S(=O)(=O)NC2(C)CCNC2)c1C. The van der Waals surface area contributed by atoms with Crippen LogP contribution >= 0.6 is 0 Å². The van der Waals surface area contributed by atoms with E-state index in [0.29, 0.717) is 11.4 Å². The molecule has 1 heterocycles. The highest BCUT2D eigenvalue weighted by atomic mass is 32.2. The van der Waals surface area contributed by atoms with Crippen molar-refractivity contribution in [3.63, 3.8) is 0 Å². The fourth-order valence-corrected chi connectivity index (χ4v) is 4.92. The molecule has 1 aromatic rings. The smallest absolute Gasteiger partial charge is 0.241 e. The van der Waals surface area contributed by atoms with Gasteiger partial charge in [-0.2, -0.15) is 0 Å². The Morgan fingerprint density at radius 2 is 1.70 bits per heavy atom. The van der Waals surface area contributed by atoms with Gasteiger partial charge in [0.1, 0.15) is 0 Å². The van der Waals surface area contributed by atoms with Gasteiger partial charge in [0, 0.05) is 12.1 Å². The first-order valence-corrected chi connectivity index (χ1v) is 8.47. The lowest BCUT2D eigenvalue weighted by Crippen LogP contribution is -2.47. The van der Waals surface area contributed by atoms with Crippen molar-refractivity contribution in [2.24, 2.45) is 0 Å². The maximum absolute atomic E-state index is 12.8. The lowest BCUT2D eigenvalue weighted by Gasteiger charge is -2.26. The highest BCUT2D eigenvalue weighted by Crippen LogP contribution is 2.27. The van der Waals surface area contributed by atoms with E-state index in [9.17, 15) is 8.42 Å². The van der Waals surface area contributed by atoms with Crippen LogP contribution in [0.1, 0.15) is 35.6 Å². The lowest BCUT2D eigenvalue weighted by molar-refractivity contribution is 0.451. The summed E-state index contributed by atoms with van der Waals surface area (Å²) in [5.74, 6) is 0. The van der Waals surface area contributed by atoms with E-state index in [2.05, 4.69) is 10.0 Å². The third kappa shape index (κ3) is 2.75. The summed E-state index contributed by atoms with van der Waals surface area (Å²) < 4.78 is 28.5. The van der Waals surface area contributed by atoms with Crippen LogP contribution in [0.5, 0.6) is 0 Å². The topological polar surface area (TPSA) is 58.2 Å². The largest absolute Gasteiger partial charge is 0.315 e. The number of rotatable bonds is 3. The summed E-state index contributed by atoms with van der Waals surface area (Å²) in [6.07, 6.45) is 0.815. The molecule has 1 aliphatic heterocycles. The Hall–Kier alpha value is -0.910. The molecule has 20 heavy (non-hydrogen) atoms. The first-order valence-electron chi connectivity index (χ1n) is 6.98. The summed E-state index contributed by atoms with van der Waals surface area (Å²) in [5.41, 5.74) is 3.33. The molecule has 1 fully saturated rings. The monoisotopic (exact) mass is 296 g/mol. The second-order valence-corrected chi connectivity index (χ2v) is 7.80. The summed E-state index contributed by atoms with van der Waals surface area (Å²) in [4.78, 5) is 0.447. The van der Waals surface area contributed by atoms with Gasteiger partial charge in [-0.1, -0.05) is 6.07 Å². The van der Waals surface area contributed by atoms with Crippen LogP contribution in [-0.2, 0) is 10.0 Å². The van der Waals surface area contributed by atoms with Gasteiger partial charge in [-0.3, -0.25) is 0 Å². The lowest BCUT2D eigenvalue weighted by atomic mass is 10.0. The van der Waals surface area contributed by atoms with Gasteiger partial charge in [0.2, 0.25) is 10.0 Å². The fourth-order valence-electron chi connectivity index (χ4n) is 2.86. The van der Waals surface area contributed by atoms with Crippen molar-refractivity contribution < 1.29 is 8.42 Å². The van der Waals surface area contributed by atoms with Gasteiger partial charge in [-0.05, 0) is 69.8 Å². The van der Waals surface area contributed by atoms with Crippen LogP contribution in [0, 0.1) is 27.7 Å². The van der Waals surface area contributed by atoms with Crippen molar-refractivity contribution in [3.05, 3.63) is 28.3 Å². The number of sulfonamides is 1. The molecule has 5 heteroatoms. The molecule has 0 aliphatic carbocycles. The Morgan fingerprint density at radius 1 is 1.15 bits per heavy atom. The summed E-state index contributed by atoms with van der Waals surface area (Å²) in [6, 6.07) is 2.04. The van der Waals surface area contributed by atoms with E-state index in [4.69, 9.17) is 0 Å². The van der Waals surface area contributed by atoms with Crippen molar-refractivity contribution in [2.45, 2.75) is 51.5 Å². The molecule has 0 radical (unpaired) electrons. The summed E-state index contributed by atoms with van der Waals surface area (Å²) in [7, 11) is -3.50. The molecule has 0 amide bonds. The number of benzene rings is 1. The van der Waals surface area contributed by atoms with E-state index in [0.717, 1.165) is 35.2 Å². The molecule has 2 N–H and O–H groups in total. The van der Waals surface area contributed by atoms with E-state index in [-0.39, 0.29) is 0 Å². The van der Waals surface area contributed by atoms with Gasteiger partial charge in [0.05, 0.1) is 4.90 Å². The molecule has 0 saturated carbocycles. The number of hydrogen-bond acceptors (Lipinski definition) is 3. The zero-order valence-electron chi connectivity index (χ0n) is 12.9. The van der Waals surface area contributed by atoms with E-state index in [1.54, 1.807) is 0 Å². The predicted molar refractivity (Wildman–Crippen MR) is 81.6 cm³/mol. The zero-order chi connectivity index (χ0) is 15.1. The van der Waals surface area contributed by atoms with Gasteiger partial charge in [-0.25, -0.2) is 13.1 Å². The minimum atomic E-state index is -3.50. The van der Waals surface area contributed by atoms with Crippen molar-refractivity contribution in [1.82, 2.24) is 10.0 Å². The normalized spacial score (nSPS) is 23.2. The maximum Gasteiger partial charge on any atom is 0.241 e. The number of aryl methyl sites for hydroxylation is 2. The minimum Gasteiger partial charge on any atom is -0.315 e. The fraction of sp³-hybridized carbons (Fsp3) is 0.600. The van der Waals surface area contributed by atoms with Gasteiger partial charge < -0.3 is 5.32 Å². The van der Waals surface area contributed by atoms with Crippen LogP contribution in [0.4, 0.5) is 0 Å². The molecule has 1 aromatic carbocycles. The second kappa shape index (κ2) is 5.13. The Labute approximate surface area is 122 Å². The van der Waals surface area contributed by atoms with Crippen LogP contribution in [0.25, 0.3) is 0 Å². The van der Waals surface area contributed by atoms with Crippen molar-refractivity contribution in [1.29, 1.82) is 0 Å². The molecule has 0 aromatic heterocycles. The molecular formula is C15H24N2O2S. The average Bonchev–Trinajstić information content (AvgIpc) is 2.72. The first kappa shape index (κ1) is 15.5. The molecule has 0 bridgehead atoms. The molecule has 4 nitrogen and oxygen atoms in total. The summed E-state index contributed by atoms with van der Waals surface area (Å²) in [5, 5.41) is 3.21. The van der Waals surface area contributed by atoms with E-state index in [1.165, 1.54) is 0 Å². The van der Waals surface area contributed by atoms with Gasteiger partial charge in [-0.15, -0.1) is 0 Å². The van der Waals surface area contributed by atoms with Crippen LogP contribution in [0.15, 0.2) is 11.0 Å². The maximum atomic E-state index is 12.8. The average molecular weight is 296 g/mol. The Bertz CT molecular complexity index is 604. The van der Waals surface area contributed by atoms with Gasteiger partial charge in [0.25, 0.3) is 0 Å². The third-order valence-corrected chi connectivity index (χ3v) is 6.23. The highest BCUT2D eigenvalue weighted by molar-refractivity contribution is 7.89. The van der Waals surface area contributed by atoms with E-state index < -0.39 is 15.6 Å². The van der Waals surface area contributed by atoms with Crippen molar-refractivity contribution >= 4 is 10.0 Å². The van der Waals surface area contributed by atoms with Gasteiger partial charge in [0.15, 0.2) is 0 Å². The third-order valence-electron chi connectivity index (χ3n) is 4.32. The molecule has 1 aliphatic rings. The molecule has 0 spiro atoms. The molecule has 1 unspecified atom stereocenters. The predicted octanol–water partition coefficient (Wildman–Crippen LogP) is 1.95. The standard InChI is InChI=1S/C15H24N2O2S/c1-10-8-11(2)13(4)14(12(10)3)20(18,19)17-15(5)6-7-16-9-15/h8,16-17H,6-7,9H2,1-5H3. The Kier molecular flexibility index (Phi) is 3.97. The number of nitrogens with one attached hydrogen (secondary N) is 2. The Morgan fingerprint density at radius 3 is 2.15 bits per heavy atom. The van der Waals surface area contributed by atoms with Crippen molar-refractivity contribution in [2.75, 3.05) is 13.1 Å². The van der Waals surface area contributed by atoms with Gasteiger partial charge >= 0.3 is 0 Å². The first-order chi connectivity index (χ1) is 9.16. The number of hydrogen-bond donors (Lipinski definition) is 2. The van der Waals surface area contributed by atoms with Crippen LogP contribution < -0.4 is 10.0 Å². The van der Waals surface area contributed by atoms with Crippen molar-refractivity contribution in [3.8, 4) is 0 Å². The molecular weight excluding hydrogens is 272 g/mol. The summed E-state index contributed by atoms with van der Waals surface area (Å²) in [6.45, 7) is 11.2. The van der Waals surface area contributed by atoms with E-state index in [1.807, 2.05) is 40.7 Å². The quantitative estimate of drug-likeness (QED) is 0.896. The molecule has 112 valence electrons. The van der Waals surface area contributed by atoms with Crippen LogP contribution in [0.2, 0.25) is 0 Å². The van der Waals surface area contributed by atoms with Crippen LogP contribution in [0.3, 0.4) is 0 Å². The molecule has 2 rings (SSSR count). The second-order valence-electron chi connectivity index (χ2n) is 6.18. The molecule has 1 saturated heterocycles.